The van der Waals surface area contributed by atoms with Gasteiger partial charge in [-0.15, -0.1) is 0 Å². The summed E-state index contributed by atoms with van der Waals surface area (Å²) in [6, 6.07) is 3.00. The van der Waals surface area contributed by atoms with Gasteiger partial charge in [0.2, 0.25) is 16.8 Å². The van der Waals surface area contributed by atoms with Crippen molar-refractivity contribution < 1.29 is 95.1 Å². The quantitative estimate of drug-likeness (QED) is 0.0377. The fourth-order valence-corrected chi connectivity index (χ4v) is 9.84. The number of hydrogen-bond acceptors (Lipinski definition) is 21. The highest BCUT2D eigenvalue weighted by molar-refractivity contribution is 8.14. The summed E-state index contributed by atoms with van der Waals surface area (Å²) in [5.74, 6) is -1.44. The second-order valence-electron chi connectivity index (χ2n) is 14.1. The third-order valence-electron chi connectivity index (χ3n) is 9.58. The van der Waals surface area contributed by atoms with E-state index in [9.17, 15) is 63.0 Å². The van der Waals surface area contributed by atoms with Crippen molar-refractivity contribution in [3.05, 3.63) is 36.4 Å². The fraction of sp³-hybridized carbons (Fsp3) is 0.500. The predicted octanol–water partition coefficient (Wildman–Crippen LogP) is -0.147. The number of ether oxygens (including phenoxy) is 3. The number of benzene rings is 1. The molecule has 11 N–H and O–H groups in total. The van der Waals surface area contributed by atoms with Crippen LogP contribution in [-0.2, 0) is 50.7 Å². The molecule has 1 saturated heterocycles. The zero-order chi connectivity index (χ0) is 46.7. The van der Waals surface area contributed by atoms with E-state index in [1.807, 2.05) is 0 Å². The minimum Gasteiger partial charge on any atom is -0.502 e. The molecule has 2 unspecified atom stereocenters. The van der Waals surface area contributed by atoms with Crippen LogP contribution in [0, 0.1) is 5.41 Å². The van der Waals surface area contributed by atoms with Gasteiger partial charge in [0.1, 0.15) is 36.3 Å². The van der Waals surface area contributed by atoms with Crippen LogP contribution in [-0.4, -0.2) is 141 Å². The number of phosphoric ester groups is 3. The number of aliphatic hydroxyl groups is 2. The summed E-state index contributed by atoms with van der Waals surface area (Å²) in [5, 5.41) is 36.6. The number of nitrogens with one attached hydrogen (secondary N) is 2. The molecule has 0 bridgehead atoms. The number of aromatic hydroxyl groups is 1. The van der Waals surface area contributed by atoms with Gasteiger partial charge in [0.15, 0.2) is 34.8 Å². The molecule has 0 radical (unpaired) electrons. The van der Waals surface area contributed by atoms with Crippen LogP contribution in [0.2, 0.25) is 0 Å². The highest BCUT2D eigenvalue weighted by atomic mass is 32.2. The Morgan fingerprint density at radius 3 is 2.30 bits per heavy atom. The number of hydrogen-bond donors (Lipinski definition) is 10. The minimum absolute atomic E-state index is 0.0131. The molecule has 0 spiro atoms. The van der Waals surface area contributed by atoms with Crippen molar-refractivity contribution in [1.82, 2.24) is 30.2 Å². The van der Waals surface area contributed by atoms with Crippen molar-refractivity contribution in [3.8, 4) is 17.2 Å². The van der Waals surface area contributed by atoms with Gasteiger partial charge in [-0.2, -0.15) is 4.31 Å². The fourth-order valence-electron chi connectivity index (χ4n) is 6.29. The van der Waals surface area contributed by atoms with E-state index in [1.54, 1.807) is 0 Å². The van der Waals surface area contributed by atoms with Gasteiger partial charge in [-0.1, -0.05) is 31.7 Å². The first-order valence-electron chi connectivity index (χ1n) is 18.1. The average Bonchev–Trinajstić information content (AvgIpc) is 3.52. The van der Waals surface area contributed by atoms with Gasteiger partial charge in [-0.05, 0) is 23.8 Å². The number of phenolic OH excluding ortho intramolecular Hbond substituents is 1. The number of rotatable bonds is 21. The molecule has 2 aromatic heterocycles. The topological polar surface area (TPSA) is 402 Å². The van der Waals surface area contributed by atoms with E-state index in [0.29, 0.717) is 5.56 Å². The lowest BCUT2D eigenvalue weighted by Crippen LogP contribution is -2.42. The van der Waals surface area contributed by atoms with E-state index >= 15 is 0 Å². The number of fused-ring (bicyclic) bond motifs is 1. The number of anilines is 1. The highest BCUT2D eigenvalue weighted by Crippen LogP contribution is 2.68. The lowest BCUT2D eigenvalue weighted by molar-refractivity contribution is -0.134. The maximum Gasteiger partial charge on any atom is 0.481 e. The van der Waals surface area contributed by atoms with Crippen molar-refractivity contribution in [1.29, 1.82) is 0 Å². The number of carbonyl (C=O) groups is 3. The number of aliphatic hydroxyl groups excluding tert-OH is 1. The molecule has 1 aromatic carbocycles. The van der Waals surface area contributed by atoms with E-state index in [1.165, 1.54) is 52.4 Å². The van der Waals surface area contributed by atoms with Crippen LogP contribution in [0.5, 0.6) is 17.2 Å². The Balaban J connectivity index is 1.07. The van der Waals surface area contributed by atoms with Gasteiger partial charge in [-0.25, -0.2) is 28.6 Å². The Kier molecular flexibility index (Phi) is 15.5. The van der Waals surface area contributed by atoms with E-state index in [0.717, 1.165) is 29.0 Å². The van der Waals surface area contributed by atoms with E-state index in [2.05, 4.69) is 34.4 Å². The molecule has 2 fully saturated rings. The number of nitrogens with zero attached hydrogens (tertiary/aromatic N) is 4. The second-order valence-corrected chi connectivity index (χ2v) is 19.4. The first-order chi connectivity index (χ1) is 29.3. The van der Waals surface area contributed by atoms with Crippen molar-refractivity contribution in [2.45, 2.75) is 56.5 Å². The second kappa shape index (κ2) is 19.6. The summed E-state index contributed by atoms with van der Waals surface area (Å²) in [5.41, 5.74) is 2.28. The molecule has 27 nitrogen and oxygen atoms in total. The number of phosphoric acid groups is 3. The molecule has 3 aromatic rings. The molecule has 5 rings (SSSR count). The Bertz CT molecular complexity index is 2360. The van der Waals surface area contributed by atoms with Crippen LogP contribution in [0.15, 0.2) is 30.9 Å². The van der Waals surface area contributed by atoms with Crippen LogP contribution >= 0.6 is 35.2 Å². The first kappa shape index (κ1) is 49.9. The number of nitrogen functional groups attached to an aromatic ring is 1. The molecular weight excluding hydrogens is 927 g/mol. The number of methoxy groups -OCH3 is 2. The third-order valence-corrected chi connectivity index (χ3v) is 13.5. The predicted molar refractivity (Wildman–Crippen MR) is 215 cm³/mol. The summed E-state index contributed by atoms with van der Waals surface area (Å²) >= 11 is 0.900. The Hall–Kier alpha value is -4.08. The molecule has 1 saturated carbocycles. The number of imidazole rings is 1. The molecule has 1 aliphatic heterocycles. The number of nitrogens with two attached hydrogens (primary N) is 1. The van der Waals surface area contributed by atoms with E-state index < -0.39 is 83.5 Å². The van der Waals surface area contributed by atoms with E-state index in [4.69, 9.17) is 29.0 Å². The lowest BCUT2D eigenvalue weighted by Gasteiger charge is -2.22. The van der Waals surface area contributed by atoms with Gasteiger partial charge < -0.3 is 65.5 Å². The largest absolute Gasteiger partial charge is 0.502 e. The molecule has 63 heavy (non-hydrogen) atoms. The van der Waals surface area contributed by atoms with Crippen molar-refractivity contribution in [2.24, 2.45) is 5.41 Å². The highest BCUT2D eigenvalue weighted by Gasteiger charge is 2.78. The van der Waals surface area contributed by atoms with Gasteiger partial charge in [0.05, 0.1) is 27.2 Å². The normalized spacial score (nSPS) is 25.0. The summed E-state index contributed by atoms with van der Waals surface area (Å²) in [6.45, 7) is 1.11. The third kappa shape index (κ3) is 11.8. The molecule has 2 amide bonds. The van der Waals surface area contributed by atoms with Crippen molar-refractivity contribution in [2.75, 3.05) is 45.4 Å². The molecule has 1 aliphatic carbocycles. The van der Waals surface area contributed by atoms with Gasteiger partial charge in [-0.3, -0.25) is 32.5 Å². The number of aromatic nitrogens is 4. The molecule has 8 atom stereocenters. The minimum atomic E-state index is -5.68. The monoisotopic (exact) mass is 971 g/mol. The number of phenols is 1. The summed E-state index contributed by atoms with van der Waals surface area (Å²) < 4.78 is 73.0. The summed E-state index contributed by atoms with van der Waals surface area (Å²) in [6.07, 6.45) is -4.34. The molecular formula is C32H44N7O20P3S. The van der Waals surface area contributed by atoms with Crippen LogP contribution in [0.3, 0.4) is 0 Å². The number of carbonyl (C=O) groups excluding carboxylic acids is 3. The Morgan fingerprint density at radius 2 is 1.67 bits per heavy atom. The standard InChI is InChI=1S/C32H44N7O20P3S/c1-31(2)29(32(31,45)30(44)35-8-7-20(40)34-9-10-63-21(41)6-5-16-11-17(53-3)23(42)18(12-16)54-4)58-62(51,52)59-61(49,50)55-13-19-25(57-60(46,47)48)24(43)28(56-19)39-15-38-22-26(33)36-14-37-27(22)39/h5-6,11-12,14-15,19,24-25,28-29,42-43,45H,7-10,13H2,1-4H3,(H,34,40)(H,35,44)(H,49,50)(H,51,52)(H2,33,36,37)(H2,46,47,48)/b6-5+/t19-,24+,25-,28-,29-,32-/m1/s1. The maximum absolute atomic E-state index is 13.0. The Labute approximate surface area is 360 Å². The van der Waals surface area contributed by atoms with Crippen molar-refractivity contribution >= 4 is 75.2 Å². The SMILES string of the molecule is COc1cc(/C=C/C(=O)SCCNC(=O)CCNC(=O)[C@]2(O)[C@H](OP(=O)(O)OP(=O)(O)OC[C@H]3O[C@@H](n4cnc5c(N)ncnc54)[C@@H](O)[C@@H]3OP(=O)(O)O)C2(C)C)cc(OC)c1O. The average molecular weight is 972 g/mol. The summed E-state index contributed by atoms with van der Waals surface area (Å²) in [7, 11) is -14.0. The number of thioether (sulfide) groups is 1. The van der Waals surface area contributed by atoms with Gasteiger partial charge in [0, 0.05) is 30.7 Å². The number of amides is 2. The van der Waals surface area contributed by atoms with Gasteiger partial charge >= 0.3 is 23.5 Å². The smallest absolute Gasteiger partial charge is 0.481 e. The molecule has 348 valence electrons. The van der Waals surface area contributed by atoms with Gasteiger partial charge in [0.25, 0.3) is 5.91 Å². The molecule has 31 heteroatoms. The van der Waals surface area contributed by atoms with Crippen molar-refractivity contribution in [3.63, 3.8) is 0 Å². The summed E-state index contributed by atoms with van der Waals surface area (Å²) in [4.78, 5) is 89.0. The Morgan fingerprint density at radius 1 is 1.00 bits per heavy atom. The van der Waals surface area contributed by atoms with Crippen LogP contribution in [0.1, 0.15) is 32.1 Å². The molecule has 3 heterocycles. The van der Waals surface area contributed by atoms with E-state index in [-0.39, 0.29) is 64.6 Å². The lowest BCUT2D eigenvalue weighted by atomic mass is 10.1. The van der Waals surface area contributed by atoms with Crippen LogP contribution in [0.25, 0.3) is 17.2 Å². The van der Waals surface area contributed by atoms with Crippen LogP contribution < -0.4 is 25.8 Å². The maximum atomic E-state index is 13.0. The van der Waals surface area contributed by atoms with Crippen LogP contribution in [0.4, 0.5) is 5.82 Å². The molecule has 2 aliphatic rings. The zero-order valence-electron chi connectivity index (χ0n) is 33.4. The first-order valence-corrected chi connectivity index (χ1v) is 23.6. The zero-order valence-corrected chi connectivity index (χ0v) is 36.9.